The standard InChI is InChI=1S/C17H15F4N5O2S/c1-2-5-29-16(22)26-12-6-10(3-4-11(12)18)25-15(27)13-7-24-14(8-23-13)28-9-17(19,20)21/h2-8H,9H2,1H3,(H2,22,26)(H,25,27)/b5-2-. The molecule has 0 saturated carbocycles. The van der Waals surface area contributed by atoms with Crippen LogP contribution < -0.4 is 15.8 Å². The summed E-state index contributed by atoms with van der Waals surface area (Å²) in [4.78, 5) is 23.4. The van der Waals surface area contributed by atoms with Crippen molar-refractivity contribution in [2.45, 2.75) is 13.1 Å². The molecule has 1 aromatic carbocycles. The maximum absolute atomic E-state index is 13.9. The summed E-state index contributed by atoms with van der Waals surface area (Å²) in [5.74, 6) is -1.73. The van der Waals surface area contributed by atoms with Crippen LogP contribution in [0.4, 0.5) is 28.9 Å². The fraction of sp³-hybridized carbons (Fsp3) is 0.176. The molecule has 0 radical (unpaired) electrons. The zero-order valence-electron chi connectivity index (χ0n) is 14.9. The molecule has 0 atom stereocenters. The third kappa shape index (κ3) is 7.41. The highest BCUT2D eigenvalue weighted by Crippen LogP contribution is 2.24. The summed E-state index contributed by atoms with van der Waals surface area (Å²) in [6, 6.07) is 3.67. The van der Waals surface area contributed by atoms with E-state index in [1.54, 1.807) is 18.4 Å². The van der Waals surface area contributed by atoms with Crippen molar-refractivity contribution in [1.82, 2.24) is 9.97 Å². The number of halogens is 4. The highest BCUT2D eigenvalue weighted by molar-refractivity contribution is 8.16. The molecule has 12 heteroatoms. The maximum atomic E-state index is 13.9. The van der Waals surface area contributed by atoms with Crippen molar-refractivity contribution < 1.29 is 27.1 Å². The number of anilines is 1. The van der Waals surface area contributed by atoms with E-state index in [-0.39, 0.29) is 28.1 Å². The Morgan fingerprint density at radius 2 is 2.10 bits per heavy atom. The number of rotatable bonds is 6. The van der Waals surface area contributed by atoms with Gasteiger partial charge in [0, 0.05) is 5.69 Å². The first-order valence-electron chi connectivity index (χ1n) is 7.92. The largest absolute Gasteiger partial charge is 0.467 e. The molecule has 0 spiro atoms. The van der Waals surface area contributed by atoms with Crippen LogP contribution in [0, 0.1) is 5.82 Å². The summed E-state index contributed by atoms with van der Waals surface area (Å²) in [6.07, 6.45) is -0.939. The molecule has 0 fully saturated rings. The van der Waals surface area contributed by atoms with Gasteiger partial charge in [-0.25, -0.2) is 19.4 Å². The molecular formula is C17H15F4N5O2S. The fourth-order valence-corrected chi connectivity index (χ4v) is 2.24. The minimum Gasteiger partial charge on any atom is -0.467 e. The Morgan fingerprint density at radius 3 is 2.72 bits per heavy atom. The average Bonchev–Trinajstić information content (AvgIpc) is 2.67. The molecule has 2 aromatic rings. The van der Waals surface area contributed by atoms with Crippen molar-refractivity contribution in [2.75, 3.05) is 11.9 Å². The molecule has 1 heterocycles. The molecule has 0 unspecified atom stereocenters. The summed E-state index contributed by atoms with van der Waals surface area (Å²) in [7, 11) is 0. The monoisotopic (exact) mass is 429 g/mol. The number of nitrogens with zero attached hydrogens (tertiary/aromatic N) is 3. The Balaban J connectivity index is 2.07. The zero-order valence-corrected chi connectivity index (χ0v) is 15.7. The van der Waals surface area contributed by atoms with Crippen molar-refractivity contribution in [2.24, 2.45) is 10.7 Å². The number of thioether (sulfide) groups is 1. The van der Waals surface area contributed by atoms with Crippen LogP contribution in [0.15, 0.2) is 47.1 Å². The Labute approximate surface area is 167 Å². The minimum atomic E-state index is -4.52. The summed E-state index contributed by atoms with van der Waals surface area (Å²) in [5.41, 5.74) is 5.62. The van der Waals surface area contributed by atoms with Crippen LogP contribution in [0.2, 0.25) is 0 Å². The van der Waals surface area contributed by atoms with Gasteiger partial charge >= 0.3 is 6.18 Å². The van der Waals surface area contributed by atoms with Gasteiger partial charge < -0.3 is 15.8 Å². The van der Waals surface area contributed by atoms with Gasteiger partial charge in [-0.2, -0.15) is 13.2 Å². The van der Waals surface area contributed by atoms with Gasteiger partial charge in [0.25, 0.3) is 5.91 Å². The van der Waals surface area contributed by atoms with Gasteiger partial charge in [-0.3, -0.25) is 4.79 Å². The Kier molecular flexibility index (Phi) is 7.53. The van der Waals surface area contributed by atoms with E-state index in [1.165, 1.54) is 12.1 Å². The number of hydrogen-bond donors (Lipinski definition) is 2. The van der Waals surface area contributed by atoms with Crippen LogP contribution in [-0.4, -0.2) is 33.8 Å². The van der Waals surface area contributed by atoms with Crippen LogP contribution >= 0.6 is 11.8 Å². The molecule has 3 N–H and O–H groups in total. The van der Waals surface area contributed by atoms with E-state index in [2.05, 4.69) is 25.0 Å². The van der Waals surface area contributed by atoms with E-state index in [0.717, 1.165) is 30.2 Å². The third-order valence-corrected chi connectivity index (χ3v) is 3.75. The Bertz CT molecular complexity index is 917. The first kappa shape index (κ1) is 22.1. The van der Waals surface area contributed by atoms with Crippen LogP contribution in [0.3, 0.4) is 0 Å². The number of hydrogen-bond acceptors (Lipinski definition) is 6. The number of nitrogens with one attached hydrogen (secondary N) is 1. The highest BCUT2D eigenvalue weighted by atomic mass is 32.2. The molecule has 0 bridgehead atoms. The number of aromatic nitrogens is 2. The minimum absolute atomic E-state index is 0.0840. The van der Waals surface area contributed by atoms with E-state index in [1.807, 2.05) is 0 Å². The van der Waals surface area contributed by atoms with Gasteiger partial charge in [0.15, 0.2) is 11.8 Å². The van der Waals surface area contributed by atoms with E-state index in [9.17, 15) is 22.4 Å². The number of aliphatic imine (C=N–C) groups is 1. The SMILES string of the molecule is C/C=C\S/C(N)=N\c1cc(NC(=O)c2cnc(OCC(F)(F)F)cn2)ccc1F. The molecule has 2 rings (SSSR count). The van der Waals surface area contributed by atoms with E-state index in [0.29, 0.717) is 0 Å². The van der Waals surface area contributed by atoms with Crippen molar-refractivity contribution in [3.63, 3.8) is 0 Å². The van der Waals surface area contributed by atoms with Gasteiger partial charge in [0.2, 0.25) is 5.88 Å². The smallest absolute Gasteiger partial charge is 0.422 e. The number of carbonyl (C=O) groups is 1. The molecule has 0 aliphatic rings. The molecule has 0 saturated heterocycles. The topological polar surface area (TPSA) is 102 Å². The highest BCUT2D eigenvalue weighted by Gasteiger charge is 2.28. The van der Waals surface area contributed by atoms with Gasteiger partial charge in [0.05, 0.1) is 12.4 Å². The number of ether oxygens (including phenoxy) is 1. The summed E-state index contributed by atoms with van der Waals surface area (Å²) < 4.78 is 54.6. The second-order valence-electron chi connectivity index (χ2n) is 5.30. The van der Waals surface area contributed by atoms with Crippen LogP contribution in [0.5, 0.6) is 5.88 Å². The normalized spacial score (nSPS) is 12.2. The predicted molar refractivity (Wildman–Crippen MR) is 102 cm³/mol. The van der Waals surface area contributed by atoms with E-state index >= 15 is 0 Å². The number of nitrogens with two attached hydrogens (primary N) is 1. The van der Waals surface area contributed by atoms with E-state index in [4.69, 9.17) is 5.73 Å². The number of allylic oxidation sites excluding steroid dienone is 1. The Morgan fingerprint density at radius 1 is 1.34 bits per heavy atom. The maximum Gasteiger partial charge on any atom is 0.422 e. The van der Waals surface area contributed by atoms with E-state index < -0.39 is 24.5 Å². The van der Waals surface area contributed by atoms with Crippen LogP contribution in [0.25, 0.3) is 0 Å². The van der Waals surface area contributed by atoms with Crippen molar-refractivity contribution in [3.8, 4) is 5.88 Å². The third-order valence-electron chi connectivity index (χ3n) is 3.00. The fourth-order valence-electron chi connectivity index (χ4n) is 1.82. The lowest BCUT2D eigenvalue weighted by atomic mass is 10.2. The predicted octanol–water partition coefficient (Wildman–Crippen LogP) is 4.02. The van der Waals surface area contributed by atoms with Gasteiger partial charge in [-0.05, 0) is 30.5 Å². The summed E-state index contributed by atoms with van der Waals surface area (Å²) in [6.45, 7) is 0.260. The molecule has 0 aliphatic heterocycles. The van der Waals surface area contributed by atoms with Crippen molar-refractivity contribution in [1.29, 1.82) is 0 Å². The van der Waals surface area contributed by atoms with Gasteiger partial charge in [0.1, 0.15) is 17.2 Å². The first-order valence-corrected chi connectivity index (χ1v) is 8.80. The van der Waals surface area contributed by atoms with Gasteiger partial charge in [-0.1, -0.05) is 17.8 Å². The number of carbonyl (C=O) groups excluding carboxylic acids is 1. The zero-order chi connectivity index (χ0) is 21.4. The molecule has 1 amide bonds. The number of amidine groups is 1. The lowest BCUT2D eigenvalue weighted by molar-refractivity contribution is -0.154. The first-order chi connectivity index (χ1) is 13.7. The molecule has 154 valence electrons. The lowest BCUT2D eigenvalue weighted by Crippen LogP contribution is -2.20. The molecule has 29 heavy (non-hydrogen) atoms. The Hall–Kier alpha value is -3.15. The second kappa shape index (κ2) is 9.87. The molecule has 1 aromatic heterocycles. The van der Waals surface area contributed by atoms with Gasteiger partial charge in [-0.15, -0.1) is 0 Å². The number of amides is 1. The summed E-state index contributed by atoms with van der Waals surface area (Å²) >= 11 is 1.10. The van der Waals surface area contributed by atoms with Crippen LogP contribution in [-0.2, 0) is 0 Å². The molecule has 7 nitrogen and oxygen atoms in total. The van der Waals surface area contributed by atoms with Crippen LogP contribution in [0.1, 0.15) is 17.4 Å². The molecular weight excluding hydrogens is 414 g/mol. The average molecular weight is 429 g/mol. The van der Waals surface area contributed by atoms with Crippen molar-refractivity contribution in [3.05, 3.63) is 53.6 Å². The quantitative estimate of drug-likeness (QED) is 0.409. The lowest BCUT2D eigenvalue weighted by Gasteiger charge is -2.09. The number of benzene rings is 1. The van der Waals surface area contributed by atoms with Crippen molar-refractivity contribution >= 4 is 34.2 Å². The molecule has 0 aliphatic carbocycles. The second-order valence-corrected chi connectivity index (χ2v) is 6.23. The summed E-state index contributed by atoms with van der Waals surface area (Å²) in [5, 5.41) is 4.23. The number of alkyl halides is 3.